The van der Waals surface area contributed by atoms with Crippen LogP contribution in [0.25, 0.3) is 0 Å². The van der Waals surface area contributed by atoms with Crippen LogP contribution >= 0.6 is 15.9 Å². The molecular weight excluding hydrogens is 299 g/mol. The van der Waals surface area contributed by atoms with Crippen LogP contribution < -0.4 is 10.5 Å². The second kappa shape index (κ2) is 5.46. The van der Waals surface area contributed by atoms with Crippen molar-refractivity contribution < 1.29 is 9.13 Å². The fourth-order valence-corrected chi connectivity index (χ4v) is 2.01. The highest BCUT2D eigenvalue weighted by Gasteiger charge is 2.09. The summed E-state index contributed by atoms with van der Waals surface area (Å²) < 4.78 is 19.7. The lowest BCUT2D eigenvalue weighted by Crippen LogP contribution is -2.02. The zero-order chi connectivity index (χ0) is 13.1. The van der Waals surface area contributed by atoms with Gasteiger partial charge in [-0.3, -0.25) is 0 Å². The SMILES string of the molecule is Cc1cc(Br)ccc1Oc1ncc(F)cc1CN. The molecule has 0 aliphatic carbocycles. The van der Waals surface area contributed by atoms with Crippen molar-refractivity contribution in [2.24, 2.45) is 5.73 Å². The molecule has 0 aliphatic rings. The van der Waals surface area contributed by atoms with Gasteiger partial charge in [0.25, 0.3) is 0 Å². The maximum Gasteiger partial charge on any atom is 0.223 e. The lowest BCUT2D eigenvalue weighted by molar-refractivity contribution is 0.449. The van der Waals surface area contributed by atoms with Crippen LogP contribution in [-0.4, -0.2) is 4.98 Å². The van der Waals surface area contributed by atoms with Crippen molar-refractivity contribution in [2.75, 3.05) is 0 Å². The monoisotopic (exact) mass is 310 g/mol. The van der Waals surface area contributed by atoms with Crippen LogP contribution in [0.4, 0.5) is 4.39 Å². The first-order chi connectivity index (χ1) is 8.60. The molecule has 0 saturated carbocycles. The molecule has 0 spiro atoms. The Bertz CT molecular complexity index is 575. The van der Waals surface area contributed by atoms with E-state index in [0.717, 1.165) is 16.2 Å². The summed E-state index contributed by atoms with van der Waals surface area (Å²) in [6.45, 7) is 2.10. The molecule has 2 rings (SSSR count). The van der Waals surface area contributed by atoms with E-state index in [9.17, 15) is 4.39 Å². The molecule has 1 aromatic heterocycles. The minimum Gasteiger partial charge on any atom is -0.438 e. The van der Waals surface area contributed by atoms with E-state index in [1.54, 1.807) is 0 Å². The van der Waals surface area contributed by atoms with E-state index >= 15 is 0 Å². The zero-order valence-corrected chi connectivity index (χ0v) is 11.4. The first-order valence-electron chi connectivity index (χ1n) is 5.38. The number of hydrogen-bond donors (Lipinski definition) is 1. The number of nitrogens with two attached hydrogens (primary N) is 1. The molecule has 5 heteroatoms. The minimum absolute atomic E-state index is 0.176. The van der Waals surface area contributed by atoms with Gasteiger partial charge < -0.3 is 10.5 Å². The van der Waals surface area contributed by atoms with E-state index < -0.39 is 5.82 Å². The normalized spacial score (nSPS) is 10.4. The highest BCUT2D eigenvalue weighted by atomic mass is 79.9. The number of aromatic nitrogens is 1. The number of ether oxygens (including phenoxy) is 1. The molecule has 0 atom stereocenters. The van der Waals surface area contributed by atoms with Gasteiger partial charge in [0.05, 0.1) is 6.20 Å². The lowest BCUT2D eigenvalue weighted by Gasteiger charge is -2.11. The molecular formula is C13H12BrFN2O. The maximum absolute atomic E-state index is 13.0. The minimum atomic E-state index is -0.421. The first-order valence-corrected chi connectivity index (χ1v) is 6.18. The van der Waals surface area contributed by atoms with Crippen LogP contribution in [0.2, 0.25) is 0 Å². The molecule has 2 N–H and O–H groups in total. The van der Waals surface area contributed by atoms with Crippen molar-refractivity contribution in [2.45, 2.75) is 13.5 Å². The summed E-state index contributed by atoms with van der Waals surface area (Å²) in [5, 5.41) is 0. The van der Waals surface area contributed by atoms with E-state index in [0.29, 0.717) is 17.2 Å². The Morgan fingerprint density at radius 3 is 2.83 bits per heavy atom. The van der Waals surface area contributed by atoms with Gasteiger partial charge in [-0.2, -0.15) is 0 Å². The van der Waals surface area contributed by atoms with Crippen molar-refractivity contribution in [3.05, 3.63) is 51.9 Å². The molecule has 0 aliphatic heterocycles. The Morgan fingerprint density at radius 2 is 2.17 bits per heavy atom. The molecule has 0 fully saturated rings. The van der Waals surface area contributed by atoms with Crippen molar-refractivity contribution in [3.8, 4) is 11.6 Å². The average Bonchev–Trinajstić information content (AvgIpc) is 2.34. The van der Waals surface area contributed by atoms with Crippen LogP contribution in [-0.2, 0) is 6.54 Å². The van der Waals surface area contributed by atoms with Crippen LogP contribution in [0.1, 0.15) is 11.1 Å². The zero-order valence-electron chi connectivity index (χ0n) is 9.78. The first kappa shape index (κ1) is 13.0. The molecule has 0 amide bonds. The molecule has 18 heavy (non-hydrogen) atoms. The summed E-state index contributed by atoms with van der Waals surface area (Å²) >= 11 is 3.38. The third-order valence-corrected chi connectivity index (χ3v) is 2.95. The van der Waals surface area contributed by atoms with Crippen molar-refractivity contribution in [1.29, 1.82) is 0 Å². The van der Waals surface area contributed by atoms with Crippen LogP contribution in [0.5, 0.6) is 11.6 Å². The summed E-state index contributed by atoms with van der Waals surface area (Å²) in [7, 11) is 0. The number of rotatable bonds is 3. The third-order valence-electron chi connectivity index (χ3n) is 2.46. The van der Waals surface area contributed by atoms with Gasteiger partial charge in [0.2, 0.25) is 5.88 Å². The van der Waals surface area contributed by atoms with Gasteiger partial charge in [-0.15, -0.1) is 0 Å². The Kier molecular flexibility index (Phi) is 3.93. The van der Waals surface area contributed by atoms with E-state index in [1.807, 2.05) is 25.1 Å². The fourth-order valence-electron chi connectivity index (χ4n) is 1.54. The Balaban J connectivity index is 2.33. The molecule has 0 bridgehead atoms. The van der Waals surface area contributed by atoms with E-state index in [1.165, 1.54) is 6.07 Å². The standard InChI is InChI=1S/C13H12BrFN2O/c1-8-4-10(14)2-3-12(8)18-13-9(6-16)5-11(15)7-17-13/h2-5,7H,6,16H2,1H3. The number of pyridine rings is 1. The second-order valence-electron chi connectivity index (χ2n) is 3.83. The van der Waals surface area contributed by atoms with Crippen molar-refractivity contribution in [3.63, 3.8) is 0 Å². The molecule has 1 heterocycles. The third kappa shape index (κ3) is 2.86. The fraction of sp³-hybridized carbons (Fsp3) is 0.154. The predicted octanol–water partition coefficient (Wildman–Crippen LogP) is 3.54. The van der Waals surface area contributed by atoms with Gasteiger partial charge >= 0.3 is 0 Å². The van der Waals surface area contributed by atoms with Crippen molar-refractivity contribution in [1.82, 2.24) is 4.98 Å². The predicted molar refractivity (Wildman–Crippen MR) is 71.0 cm³/mol. The summed E-state index contributed by atoms with van der Waals surface area (Å²) in [5.74, 6) is 0.589. The van der Waals surface area contributed by atoms with Gasteiger partial charge in [0.1, 0.15) is 11.6 Å². The van der Waals surface area contributed by atoms with Gasteiger partial charge in [-0.25, -0.2) is 9.37 Å². The topological polar surface area (TPSA) is 48.1 Å². The molecule has 0 radical (unpaired) electrons. The van der Waals surface area contributed by atoms with Gasteiger partial charge in [0, 0.05) is 16.6 Å². The molecule has 94 valence electrons. The highest BCUT2D eigenvalue weighted by molar-refractivity contribution is 9.10. The number of nitrogens with zero attached hydrogens (tertiary/aromatic N) is 1. The van der Waals surface area contributed by atoms with Gasteiger partial charge in [0.15, 0.2) is 0 Å². The molecule has 2 aromatic rings. The lowest BCUT2D eigenvalue weighted by atomic mass is 10.2. The van der Waals surface area contributed by atoms with Crippen LogP contribution in [0.15, 0.2) is 34.9 Å². The summed E-state index contributed by atoms with van der Waals surface area (Å²) in [4.78, 5) is 3.92. The summed E-state index contributed by atoms with van der Waals surface area (Å²) in [5.41, 5.74) is 7.04. The Morgan fingerprint density at radius 1 is 1.39 bits per heavy atom. The number of benzene rings is 1. The number of aryl methyl sites for hydroxylation is 1. The average molecular weight is 311 g/mol. The van der Waals surface area contributed by atoms with Gasteiger partial charge in [-0.05, 0) is 36.8 Å². The summed E-state index contributed by atoms with van der Waals surface area (Å²) in [6.07, 6.45) is 1.11. The van der Waals surface area contributed by atoms with Gasteiger partial charge in [-0.1, -0.05) is 15.9 Å². The van der Waals surface area contributed by atoms with E-state index in [-0.39, 0.29) is 6.54 Å². The maximum atomic E-state index is 13.0. The molecule has 3 nitrogen and oxygen atoms in total. The van der Waals surface area contributed by atoms with Crippen LogP contribution in [0.3, 0.4) is 0 Å². The summed E-state index contributed by atoms with van der Waals surface area (Å²) in [6, 6.07) is 6.95. The second-order valence-corrected chi connectivity index (χ2v) is 4.75. The molecule has 0 saturated heterocycles. The molecule has 1 aromatic carbocycles. The van der Waals surface area contributed by atoms with Crippen molar-refractivity contribution >= 4 is 15.9 Å². The largest absolute Gasteiger partial charge is 0.438 e. The Hall–Kier alpha value is -1.46. The number of halogens is 2. The Labute approximate surface area is 113 Å². The van der Waals surface area contributed by atoms with E-state index in [4.69, 9.17) is 10.5 Å². The highest BCUT2D eigenvalue weighted by Crippen LogP contribution is 2.28. The smallest absolute Gasteiger partial charge is 0.223 e. The van der Waals surface area contributed by atoms with Crippen LogP contribution in [0, 0.1) is 12.7 Å². The quantitative estimate of drug-likeness (QED) is 0.943. The number of hydrogen-bond acceptors (Lipinski definition) is 3. The van der Waals surface area contributed by atoms with E-state index in [2.05, 4.69) is 20.9 Å². The molecule has 0 unspecified atom stereocenters.